The molecule has 6 nitrogen and oxygen atoms in total. The number of carbonyl (C=O) groups is 1. The number of anilines is 1. The lowest BCUT2D eigenvalue weighted by Crippen LogP contribution is -2.27. The lowest BCUT2D eigenvalue weighted by Gasteiger charge is -2.10. The standard InChI is InChI=1S/C13H15N3O3/c1-8-5-4-6-16-12(8)14-9(2)11(13(16)18)15-10(17)7-19-3/h4-6H,7H2,1-3H3,(H,15,17). The molecule has 1 amide bonds. The molecule has 0 aliphatic heterocycles. The van der Waals surface area contributed by atoms with Crippen LogP contribution in [-0.2, 0) is 9.53 Å². The van der Waals surface area contributed by atoms with Crippen LogP contribution in [0.4, 0.5) is 5.69 Å². The third kappa shape index (κ3) is 2.48. The molecule has 6 heteroatoms. The molecule has 2 heterocycles. The summed E-state index contributed by atoms with van der Waals surface area (Å²) in [6.07, 6.45) is 1.63. The van der Waals surface area contributed by atoms with Crippen molar-refractivity contribution >= 4 is 17.2 Å². The van der Waals surface area contributed by atoms with Crippen molar-refractivity contribution in [2.75, 3.05) is 19.0 Å². The molecule has 0 atom stereocenters. The Morgan fingerprint density at radius 3 is 2.89 bits per heavy atom. The first-order valence-corrected chi connectivity index (χ1v) is 5.82. The first-order valence-electron chi connectivity index (χ1n) is 5.82. The second kappa shape index (κ2) is 5.19. The molecule has 2 rings (SSSR count). The summed E-state index contributed by atoms with van der Waals surface area (Å²) < 4.78 is 6.14. The van der Waals surface area contributed by atoms with Crippen LogP contribution in [0.25, 0.3) is 5.65 Å². The van der Waals surface area contributed by atoms with Gasteiger partial charge in [0.15, 0.2) is 0 Å². The fourth-order valence-electron chi connectivity index (χ4n) is 1.85. The van der Waals surface area contributed by atoms with Crippen LogP contribution >= 0.6 is 0 Å². The topological polar surface area (TPSA) is 72.7 Å². The van der Waals surface area contributed by atoms with Crippen LogP contribution < -0.4 is 10.9 Å². The van der Waals surface area contributed by atoms with E-state index in [1.54, 1.807) is 19.2 Å². The maximum Gasteiger partial charge on any atom is 0.281 e. The van der Waals surface area contributed by atoms with Gasteiger partial charge in [-0.3, -0.25) is 14.0 Å². The predicted octanol–water partition coefficient (Wildman–Crippen LogP) is 0.896. The Kier molecular flexibility index (Phi) is 3.62. The number of ether oxygens (including phenoxy) is 1. The number of fused-ring (bicyclic) bond motifs is 1. The monoisotopic (exact) mass is 261 g/mol. The molecule has 2 aromatic heterocycles. The van der Waals surface area contributed by atoms with E-state index >= 15 is 0 Å². The molecule has 0 saturated carbocycles. The summed E-state index contributed by atoms with van der Waals surface area (Å²) in [7, 11) is 1.42. The zero-order valence-corrected chi connectivity index (χ0v) is 11.1. The summed E-state index contributed by atoms with van der Waals surface area (Å²) in [5, 5.41) is 2.53. The summed E-state index contributed by atoms with van der Waals surface area (Å²) in [4.78, 5) is 28.2. The molecule has 2 aromatic rings. The minimum Gasteiger partial charge on any atom is -0.375 e. The van der Waals surface area contributed by atoms with E-state index in [9.17, 15) is 9.59 Å². The second-order valence-corrected chi connectivity index (χ2v) is 4.24. The summed E-state index contributed by atoms with van der Waals surface area (Å²) >= 11 is 0. The fourth-order valence-corrected chi connectivity index (χ4v) is 1.85. The van der Waals surface area contributed by atoms with Crippen molar-refractivity contribution in [1.29, 1.82) is 0 Å². The molecule has 0 radical (unpaired) electrons. The van der Waals surface area contributed by atoms with Crippen molar-refractivity contribution in [2.45, 2.75) is 13.8 Å². The molecule has 0 bridgehead atoms. The van der Waals surface area contributed by atoms with E-state index in [4.69, 9.17) is 4.74 Å². The zero-order chi connectivity index (χ0) is 14.0. The summed E-state index contributed by atoms with van der Waals surface area (Å²) in [6, 6.07) is 3.64. The molecular formula is C13H15N3O3. The average molecular weight is 261 g/mol. The highest BCUT2D eigenvalue weighted by Crippen LogP contribution is 2.11. The predicted molar refractivity (Wildman–Crippen MR) is 71.4 cm³/mol. The Morgan fingerprint density at radius 1 is 1.47 bits per heavy atom. The highest BCUT2D eigenvalue weighted by molar-refractivity contribution is 5.92. The number of aromatic nitrogens is 2. The van der Waals surface area contributed by atoms with E-state index < -0.39 is 0 Å². The van der Waals surface area contributed by atoms with Crippen LogP contribution in [0.2, 0.25) is 0 Å². The molecule has 0 spiro atoms. The highest BCUT2D eigenvalue weighted by Gasteiger charge is 2.13. The number of hydrogen-bond donors (Lipinski definition) is 1. The van der Waals surface area contributed by atoms with Gasteiger partial charge in [-0.05, 0) is 25.5 Å². The maximum absolute atomic E-state index is 12.3. The highest BCUT2D eigenvalue weighted by atomic mass is 16.5. The first-order chi connectivity index (χ1) is 9.04. The van der Waals surface area contributed by atoms with Gasteiger partial charge in [-0.2, -0.15) is 0 Å². The van der Waals surface area contributed by atoms with Gasteiger partial charge in [-0.15, -0.1) is 0 Å². The van der Waals surface area contributed by atoms with Gasteiger partial charge < -0.3 is 10.1 Å². The number of nitrogens with one attached hydrogen (secondary N) is 1. The Balaban J connectivity index is 2.57. The Morgan fingerprint density at radius 2 is 2.21 bits per heavy atom. The van der Waals surface area contributed by atoms with Gasteiger partial charge in [0.05, 0.1) is 5.69 Å². The smallest absolute Gasteiger partial charge is 0.281 e. The van der Waals surface area contributed by atoms with Gasteiger partial charge in [-0.1, -0.05) is 6.07 Å². The van der Waals surface area contributed by atoms with Crippen LogP contribution in [0.5, 0.6) is 0 Å². The van der Waals surface area contributed by atoms with Crippen molar-refractivity contribution in [1.82, 2.24) is 9.38 Å². The van der Waals surface area contributed by atoms with Crippen LogP contribution in [0, 0.1) is 13.8 Å². The molecular weight excluding hydrogens is 246 g/mol. The van der Waals surface area contributed by atoms with E-state index in [1.165, 1.54) is 11.5 Å². The van der Waals surface area contributed by atoms with Gasteiger partial charge in [-0.25, -0.2) is 4.98 Å². The van der Waals surface area contributed by atoms with E-state index in [-0.39, 0.29) is 23.8 Å². The number of carbonyl (C=O) groups excluding carboxylic acids is 1. The van der Waals surface area contributed by atoms with E-state index in [0.29, 0.717) is 11.3 Å². The second-order valence-electron chi connectivity index (χ2n) is 4.24. The van der Waals surface area contributed by atoms with Gasteiger partial charge in [0.1, 0.15) is 17.9 Å². The van der Waals surface area contributed by atoms with Gasteiger partial charge in [0.2, 0.25) is 0 Å². The minimum atomic E-state index is -0.378. The first kappa shape index (κ1) is 13.2. The number of aryl methyl sites for hydroxylation is 2. The van der Waals surface area contributed by atoms with Crippen molar-refractivity contribution < 1.29 is 9.53 Å². The molecule has 1 N–H and O–H groups in total. The molecule has 0 aromatic carbocycles. The number of pyridine rings is 1. The normalized spacial score (nSPS) is 10.7. The minimum absolute atomic E-state index is 0.102. The molecule has 0 unspecified atom stereocenters. The zero-order valence-electron chi connectivity index (χ0n) is 11.1. The molecule has 0 fully saturated rings. The SMILES string of the molecule is COCC(=O)Nc1c(C)nc2c(C)cccn2c1=O. The average Bonchev–Trinajstić information content (AvgIpc) is 2.36. The van der Waals surface area contributed by atoms with Crippen molar-refractivity contribution in [3.8, 4) is 0 Å². The molecule has 0 saturated heterocycles. The maximum atomic E-state index is 12.3. The van der Waals surface area contributed by atoms with Crippen molar-refractivity contribution in [3.05, 3.63) is 39.9 Å². The lowest BCUT2D eigenvalue weighted by atomic mass is 10.2. The summed E-state index contributed by atoms with van der Waals surface area (Å²) in [6.45, 7) is 3.47. The number of hydrogen-bond acceptors (Lipinski definition) is 4. The third-order valence-corrected chi connectivity index (χ3v) is 2.77. The number of rotatable bonds is 3. The molecule has 100 valence electrons. The van der Waals surface area contributed by atoms with Crippen molar-refractivity contribution in [2.24, 2.45) is 0 Å². The van der Waals surface area contributed by atoms with Crippen molar-refractivity contribution in [3.63, 3.8) is 0 Å². The van der Waals surface area contributed by atoms with Crippen LogP contribution in [0.15, 0.2) is 23.1 Å². The van der Waals surface area contributed by atoms with Gasteiger partial charge in [0.25, 0.3) is 11.5 Å². The lowest BCUT2D eigenvalue weighted by molar-refractivity contribution is -0.119. The van der Waals surface area contributed by atoms with Crippen LogP contribution in [-0.4, -0.2) is 29.0 Å². The van der Waals surface area contributed by atoms with Gasteiger partial charge in [0, 0.05) is 13.3 Å². The fraction of sp³-hybridized carbons (Fsp3) is 0.308. The Labute approximate surface area is 110 Å². The van der Waals surface area contributed by atoms with E-state index in [2.05, 4.69) is 10.3 Å². The van der Waals surface area contributed by atoms with Crippen LogP contribution in [0.1, 0.15) is 11.3 Å². The number of amides is 1. The molecule has 19 heavy (non-hydrogen) atoms. The Hall–Kier alpha value is -2.21. The van der Waals surface area contributed by atoms with Crippen LogP contribution in [0.3, 0.4) is 0 Å². The quantitative estimate of drug-likeness (QED) is 0.890. The molecule has 0 aliphatic carbocycles. The van der Waals surface area contributed by atoms with Gasteiger partial charge >= 0.3 is 0 Å². The van der Waals surface area contributed by atoms with E-state index in [1.807, 2.05) is 13.0 Å². The van der Waals surface area contributed by atoms with E-state index in [0.717, 1.165) is 5.56 Å². The summed E-state index contributed by atoms with van der Waals surface area (Å²) in [5.74, 6) is -0.378. The Bertz CT molecular complexity index is 691. The number of methoxy groups -OCH3 is 1. The summed E-state index contributed by atoms with van der Waals surface area (Å²) in [5.41, 5.74) is 1.87. The largest absolute Gasteiger partial charge is 0.375 e. The molecule has 0 aliphatic rings. The number of nitrogens with zero attached hydrogens (tertiary/aromatic N) is 2. The third-order valence-electron chi connectivity index (χ3n) is 2.77.